The molecule has 1 heterocycles. The van der Waals surface area contributed by atoms with Crippen LogP contribution in [0.2, 0.25) is 0 Å². The lowest BCUT2D eigenvalue weighted by atomic mass is 10.1. The number of rotatable bonds is 8. The van der Waals surface area contributed by atoms with Gasteiger partial charge in [-0.3, -0.25) is 9.59 Å². The van der Waals surface area contributed by atoms with Gasteiger partial charge < -0.3 is 15.0 Å². The first-order chi connectivity index (χ1) is 11.6. The summed E-state index contributed by atoms with van der Waals surface area (Å²) in [6, 6.07) is 11.4. The van der Waals surface area contributed by atoms with Crippen LogP contribution in [0.25, 0.3) is 0 Å². The molecule has 24 heavy (non-hydrogen) atoms. The van der Waals surface area contributed by atoms with Crippen molar-refractivity contribution >= 4 is 23.2 Å². The number of amides is 2. The van der Waals surface area contributed by atoms with E-state index < -0.39 is 0 Å². The number of nitrogens with one attached hydrogen (secondary N) is 1. The summed E-state index contributed by atoms with van der Waals surface area (Å²) in [7, 11) is 1.64. The van der Waals surface area contributed by atoms with Crippen LogP contribution in [0.5, 0.6) is 5.75 Å². The van der Waals surface area contributed by atoms with Crippen LogP contribution in [0.3, 0.4) is 0 Å². The minimum Gasteiger partial charge on any atom is -0.497 e. The molecule has 1 aromatic carbocycles. The van der Waals surface area contributed by atoms with Gasteiger partial charge in [-0.1, -0.05) is 18.2 Å². The molecule has 0 aliphatic rings. The Morgan fingerprint density at radius 2 is 1.92 bits per heavy atom. The number of thiophene rings is 1. The van der Waals surface area contributed by atoms with E-state index in [-0.39, 0.29) is 11.8 Å². The van der Waals surface area contributed by atoms with Crippen molar-refractivity contribution in [3.8, 4) is 5.75 Å². The Morgan fingerprint density at radius 3 is 2.50 bits per heavy atom. The van der Waals surface area contributed by atoms with E-state index in [9.17, 15) is 9.59 Å². The average Bonchev–Trinajstić information content (AvgIpc) is 3.12. The van der Waals surface area contributed by atoms with Crippen LogP contribution < -0.4 is 10.1 Å². The molecule has 128 valence electrons. The number of hydrogen-bond donors (Lipinski definition) is 1. The maximum atomic E-state index is 11.9. The van der Waals surface area contributed by atoms with Crippen LogP contribution in [0, 0.1) is 0 Å². The van der Waals surface area contributed by atoms with Crippen molar-refractivity contribution in [3.05, 3.63) is 52.2 Å². The fourth-order valence-corrected chi connectivity index (χ4v) is 2.92. The zero-order valence-corrected chi connectivity index (χ0v) is 14.8. The summed E-state index contributed by atoms with van der Waals surface area (Å²) >= 11 is 1.40. The second-order valence-corrected chi connectivity index (χ2v) is 6.29. The summed E-state index contributed by atoms with van der Waals surface area (Å²) in [6.45, 7) is 3.12. The van der Waals surface area contributed by atoms with Crippen LogP contribution in [0.15, 0.2) is 41.8 Å². The van der Waals surface area contributed by atoms with Crippen molar-refractivity contribution in [2.75, 3.05) is 26.7 Å². The molecule has 2 aromatic rings. The molecule has 1 N–H and O–H groups in total. The van der Waals surface area contributed by atoms with Gasteiger partial charge in [0.2, 0.25) is 5.91 Å². The number of hydrogen-bond acceptors (Lipinski definition) is 4. The van der Waals surface area contributed by atoms with E-state index in [0.29, 0.717) is 24.5 Å². The Labute approximate surface area is 146 Å². The minimum absolute atomic E-state index is 0.00823. The molecule has 5 nitrogen and oxygen atoms in total. The van der Waals surface area contributed by atoms with E-state index >= 15 is 0 Å². The Balaban J connectivity index is 1.78. The Bertz CT molecular complexity index is 653. The zero-order chi connectivity index (χ0) is 17.4. The van der Waals surface area contributed by atoms with Crippen LogP contribution in [-0.4, -0.2) is 43.5 Å². The Morgan fingerprint density at radius 1 is 1.17 bits per heavy atom. The smallest absolute Gasteiger partial charge is 0.261 e. The molecule has 0 saturated carbocycles. The van der Waals surface area contributed by atoms with Crippen molar-refractivity contribution in [2.24, 2.45) is 0 Å². The lowest BCUT2D eigenvalue weighted by Crippen LogP contribution is -2.38. The number of ether oxygens (including phenoxy) is 1. The van der Waals surface area contributed by atoms with Gasteiger partial charge >= 0.3 is 0 Å². The predicted octanol–water partition coefficient (Wildman–Crippen LogP) is 2.58. The van der Waals surface area contributed by atoms with Crippen molar-refractivity contribution in [1.82, 2.24) is 10.2 Å². The zero-order valence-electron chi connectivity index (χ0n) is 14.0. The topological polar surface area (TPSA) is 58.6 Å². The highest BCUT2D eigenvalue weighted by Gasteiger charge is 2.10. The van der Waals surface area contributed by atoms with Crippen molar-refractivity contribution < 1.29 is 14.3 Å². The van der Waals surface area contributed by atoms with Gasteiger partial charge in [-0.2, -0.15) is 0 Å². The average molecular weight is 346 g/mol. The molecular weight excluding hydrogens is 324 g/mol. The summed E-state index contributed by atoms with van der Waals surface area (Å²) in [5, 5.41) is 4.71. The monoisotopic (exact) mass is 346 g/mol. The summed E-state index contributed by atoms with van der Waals surface area (Å²) in [5.41, 5.74) is 1.14. The third kappa shape index (κ3) is 5.38. The first-order valence-corrected chi connectivity index (χ1v) is 8.68. The Hall–Kier alpha value is -2.34. The molecule has 0 spiro atoms. The van der Waals surface area contributed by atoms with Crippen LogP contribution in [0.4, 0.5) is 0 Å². The van der Waals surface area contributed by atoms with Gasteiger partial charge in [-0.15, -0.1) is 11.3 Å². The number of carbonyl (C=O) groups is 2. The van der Waals surface area contributed by atoms with Gasteiger partial charge in [0, 0.05) is 26.6 Å². The summed E-state index contributed by atoms with van der Waals surface area (Å²) in [6.07, 6.45) is 0.766. The largest absolute Gasteiger partial charge is 0.497 e. The van der Waals surface area contributed by atoms with Crippen molar-refractivity contribution in [2.45, 2.75) is 13.3 Å². The van der Waals surface area contributed by atoms with Gasteiger partial charge in [-0.05, 0) is 35.6 Å². The normalized spacial score (nSPS) is 10.2. The van der Waals surface area contributed by atoms with Gasteiger partial charge in [0.05, 0.1) is 12.0 Å². The molecule has 0 bridgehead atoms. The van der Waals surface area contributed by atoms with Crippen LogP contribution in [-0.2, 0) is 11.2 Å². The summed E-state index contributed by atoms with van der Waals surface area (Å²) in [5.74, 6) is 0.732. The molecule has 0 aliphatic carbocycles. The number of nitrogens with zero attached hydrogens (tertiary/aromatic N) is 1. The van der Waals surface area contributed by atoms with Crippen molar-refractivity contribution in [1.29, 1.82) is 0 Å². The molecule has 0 aliphatic heterocycles. The SMILES string of the molecule is COc1ccc(CCN(CCNC(=O)c2cccs2)C(C)=O)cc1. The maximum Gasteiger partial charge on any atom is 0.261 e. The highest BCUT2D eigenvalue weighted by atomic mass is 32.1. The molecular formula is C18H22N2O3S. The fourth-order valence-electron chi connectivity index (χ4n) is 2.28. The van der Waals surface area contributed by atoms with Gasteiger partial charge in [0.25, 0.3) is 5.91 Å². The minimum atomic E-state index is -0.0938. The molecule has 2 rings (SSSR count). The number of methoxy groups -OCH3 is 1. The molecule has 2 amide bonds. The van der Waals surface area contributed by atoms with E-state index in [2.05, 4.69) is 5.32 Å². The third-order valence-electron chi connectivity index (χ3n) is 3.69. The number of benzene rings is 1. The van der Waals surface area contributed by atoms with E-state index in [0.717, 1.165) is 17.7 Å². The number of carbonyl (C=O) groups excluding carboxylic acids is 2. The summed E-state index contributed by atoms with van der Waals surface area (Å²) in [4.78, 5) is 26.1. The van der Waals surface area contributed by atoms with E-state index in [1.54, 1.807) is 25.0 Å². The highest BCUT2D eigenvalue weighted by Crippen LogP contribution is 2.12. The lowest BCUT2D eigenvalue weighted by Gasteiger charge is -2.21. The predicted molar refractivity (Wildman–Crippen MR) is 95.6 cm³/mol. The summed E-state index contributed by atoms with van der Waals surface area (Å²) < 4.78 is 5.14. The quantitative estimate of drug-likeness (QED) is 0.799. The molecule has 6 heteroatoms. The fraction of sp³-hybridized carbons (Fsp3) is 0.333. The molecule has 1 aromatic heterocycles. The van der Waals surface area contributed by atoms with Gasteiger partial charge in [0.15, 0.2) is 0 Å². The first-order valence-electron chi connectivity index (χ1n) is 7.80. The van der Waals surface area contributed by atoms with Crippen LogP contribution >= 0.6 is 11.3 Å². The second kappa shape index (κ2) is 9.08. The first kappa shape index (κ1) is 18.0. The molecule has 0 saturated heterocycles. The van der Waals surface area contributed by atoms with Crippen LogP contribution in [0.1, 0.15) is 22.2 Å². The lowest BCUT2D eigenvalue weighted by molar-refractivity contribution is -0.128. The van der Waals surface area contributed by atoms with E-state index in [1.165, 1.54) is 11.3 Å². The van der Waals surface area contributed by atoms with Gasteiger partial charge in [0.1, 0.15) is 5.75 Å². The van der Waals surface area contributed by atoms with Gasteiger partial charge in [-0.25, -0.2) is 0 Å². The maximum absolute atomic E-state index is 11.9. The Kier molecular flexibility index (Phi) is 6.81. The second-order valence-electron chi connectivity index (χ2n) is 5.34. The molecule has 0 unspecified atom stereocenters. The third-order valence-corrected chi connectivity index (χ3v) is 4.56. The molecule has 0 atom stereocenters. The standard InChI is InChI=1S/C18H22N2O3S/c1-14(21)20(11-9-15-5-7-16(23-2)8-6-15)12-10-19-18(22)17-4-3-13-24-17/h3-8,13H,9-12H2,1-2H3,(H,19,22). The van der Waals surface area contributed by atoms with Crippen molar-refractivity contribution in [3.63, 3.8) is 0 Å². The van der Waals surface area contributed by atoms with E-state index in [1.807, 2.05) is 35.7 Å². The highest BCUT2D eigenvalue weighted by molar-refractivity contribution is 7.12. The van der Waals surface area contributed by atoms with E-state index in [4.69, 9.17) is 4.74 Å². The molecule has 0 fully saturated rings. The molecule has 0 radical (unpaired) electrons.